The number of rotatable bonds is 6. The van der Waals surface area contributed by atoms with Crippen LogP contribution in [0.4, 0.5) is 11.4 Å². The van der Waals surface area contributed by atoms with E-state index in [9.17, 15) is 13.2 Å². The second kappa shape index (κ2) is 7.73. The van der Waals surface area contributed by atoms with E-state index in [0.29, 0.717) is 22.1 Å². The van der Waals surface area contributed by atoms with E-state index in [2.05, 4.69) is 10.6 Å². The van der Waals surface area contributed by atoms with Gasteiger partial charge in [0.25, 0.3) is 0 Å². The van der Waals surface area contributed by atoms with E-state index in [-0.39, 0.29) is 10.8 Å². The van der Waals surface area contributed by atoms with Crippen LogP contribution >= 0.6 is 11.6 Å². The fourth-order valence-electron chi connectivity index (χ4n) is 2.05. The smallest absolute Gasteiger partial charge is 0.246 e. The van der Waals surface area contributed by atoms with Gasteiger partial charge in [-0.1, -0.05) is 11.6 Å². The fraction of sp³-hybridized carbons (Fsp3) is 0.188. The van der Waals surface area contributed by atoms with Crippen LogP contribution in [-0.2, 0) is 14.8 Å². The second-order valence-electron chi connectivity index (χ2n) is 5.27. The van der Waals surface area contributed by atoms with Crippen molar-refractivity contribution in [1.29, 1.82) is 0 Å². The minimum absolute atomic E-state index is 0.0236. The lowest BCUT2D eigenvalue weighted by molar-refractivity contribution is -0.116. The summed E-state index contributed by atoms with van der Waals surface area (Å²) >= 11 is 6.05. The molecule has 7 nitrogen and oxygen atoms in total. The largest absolute Gasteiger partial charge is 0.495 e. The molecule has 0 saturated carbocycles. The fourth-order valence-corrected chi connectivity index (χ4v) is 2.82. The highest BCUT2D eigenvalue weighted by Crippen LogP contribution is 2.27. The Hall–Kier alpha value is -2.29. The molecule has 4 N–H and O–H groups in total. The molecule has 0 unspecified atom stereocenters. The van der Waals surface area contributed by atoms with Gasteiger partial charge in [0.2, 0.25) is 15.9 Å². The van der Waals surface area contributed by atoms with Gasteiger partial charge in [0, 0.05) is 11.4 Å². The molecule has 0 heterocycles. The highest BCUT2D eigenvalue weighted by Gasteiger charge is 2.14. The molecule has 2 aromatic carbocycles. The molecule has 0 bridgehead atoms. The number of nitrogens with two attached hydrogens (primary N) is 1. The van der Waals surface area contributed by atoms with E-state index in [1.54, 1.807) is 25.1 Å². The Morgan fingerprint density at radius 2 is 1.76 bits per heavy atom. The summed E-state index contributed by atoms with van der Waals surface area (Å²) in [4.78, 5) is 12.2. The summed E-state index contributed by atoms with van der Waals surface area (Å²) in [5.41, 5.74) is 1.12. The van der Waals surface area contributed by atoms with Crippen molar-refractivity contribution in [1.82, 2.24) is 0 Å². The highest BCUT2D eigenvalue weighted by atomic mass is 35.5. The molecule has 0 fully saturated rings. The van der Waals surface area contributed by atoms with Crippen LogP contribution in [0.25, 0.3) is 0 Å². The second-order valence-corrected chi connectivity index (χ2v) is 7.24. The lowest BCUT2D eigenvalue weighted by Gasteiger charge is -2.16. The van der Waals surface area contributed by atoms with Crippen molar-refractivity contribution >= 4 is 38.9 Å². The first-order valence-electron chi connectivity index (χ1n) is 7.24. The van der Waals surface area contributed by atoms with E-state index in [0.717, 1.165) is 0 Å². The first-order valence-corrected chi connectivity index (χ1v) is 9.17. The van der Waals surface area contributed by atoms with Crippen LogP contribution in [0.1, 0.15) is 6.92 Å². The Morgan fingerprint density at radius 3 is 2.28 bits per heavy atom. The Kier molecular flexibility index (Phi) is 5.89. The number of carbonyl (C=O) groups excluding carboxylic acids is 1. The maximum atomic E-state index is 12.2. The number of anilines is 2. The van der Waals surface area contributed by atoms with Crippen molar-refractivity contribution in [3.05, 3.63) is 47.5 Å². The molecule has 2 aromatic rings. The molecule has 0 aromatic heterocycles. The van der Waals surface area contributed by atoms with Crippen LogP contribution < -0.4 is 20.5 Å². The van der Waals surface area contributed by atoms with Gasteiger partial charge in [0.15, 0.2) is 0 Å². The molecule has 0 aliphatic carbocycles. The summed E-state index contributed by atoms with van der Waals surface area (Å²) in [6, 6.07) is 10.1. The number of sulfonamides is 1. The summed E-state index contributed by atoms with van der Waals surface area (Å²) in [6.45, 7) is 1.69. The van der Waals surface area contributed by atoms with E-state index in [4.69, 9.17) is 21.5 Å². The van der Waals surface area contributed by atoms with Crippen molar-refractivity contribution in [2.75, 3.05) is 17.7 Å². The first kappa shape index (κ1) is 19.0. The molecule has 0 spiro atoms. The van der Waals surface area contributed by atoms with Crippen LogP contribution in [0.15, 0.2) is 47.4 Å². The summed E-state index contributed by atoms with van der Waals surface area (Å²) in [5.74, 6) is 0.245. The number of benzene rings is 2. The number of amides is 1. The maximum absolute atomic E-state index is 12.2. The van der Waals surface area contributed by atoms with Crippen LogP contribution in [0.5, 0.6) is 5.75 Å². The van der Waals surface area contributed by atoms with Gasteiger partial charge in [0.1, 0.15) is 11.8 Å². The van der Waals surface area contributed by atoms with Crippen molar-refractivity contribution in [3.63, 3.8) is 0 Å². The van der Waals surface area contributed by atoms with E-state index >= 15 is 0 Å². The van der Waals surface area contributed by atoms with Crippen LogP contribution in [0.3, 0.4) is 0 Å². The molecule has 0 radical (unpaired) electrons. The maximum Gasteiger partial charge on any atom is 0.246 e. The van der Waals surface area contributed by atoms with Gasteiger partial charge in [-0.05, 0) is 49.4 Å². The minimum Gasteiger partial charge on any atom is -0.495 e. The first-order chi connectivity index (χ1) is 11.7. The van der Waals surface area contributed by atoms with E-state index < -0.39 is 16.1 Å². The third-order valence-corrected chi connectivity index (χ3v) is 4.60. The van der Waals surface area contributed by atoms with Crippen LogP contribution in [0.2, 0.25) is 5.02 Å². The molecule has 1 atom stereocenters. The molecule has 25 heavy (non-hydrogen) atoms. The quantitative estimate of drug-likeness (QED) is 0.709. The predicted octanol–water partition coefficient (Wildman–Crippen LogP) is 2.44. The number of primary sulfonamides is 1. The molecule has 2 rings (SSSR count). The van der Waals surface area contributed by atoms with Crippen molar-refractivity contribution in [3.8, 4) is 5.75 Å². The average Bonchev–Trinajstić information content (AvgIpc) is 2.54. The molecule has 1 amide bonds. The zero-order valence-corrected chi connectivity index (χ0v) is 15.2. The normalized spacial score (nSPS) is 12.3. The molecule has 0 aliphatic heterocycles. The Bertz CT molecular complexity index is 869. The third-order valence-electron chi connectivity index (χ3n) is 3.38. The van der Waals surface area contributed by atoms with Gasteiger partial charge in [-0.25, -0.2) is 13.6 Å². The molecule has 0 saturated heterocycles. The zero-order valence-electron chi connectivity index (χ0n) is 13.6. The number of hydrogen-bond acceptors (Lipinski definition) is 5. The number of hydrogen-bond donors (Lipinski definition) is 3. The Labute approximate surface area is 151 Å². The van der Waals surface area contributed by atoms with E-state index in [1.165, 1.54) is 31.4 Å². The lowest BCUT2D eigenvalue weighted by Crippen LogP contribution is -2.31. The molecule has 0 aliphatic rings. The average molecular weight is 384 g/mol. The number of halogens is 1. The van der Waals surface area contributed by atoms with Crippen molar-refractivity contribution < 1.29 is 17.9 Å². The number of methoxy groups -OCH3 is 1. The standard InChI is InChI=1S/C16H18ClN3O4S/c1-10(19-12-5-8-15(24-2)14(17)9-12)16(21)20-11-3-6-13(7-4-11)25(18,22)23/h3-10,19H,1-2H3,(H,20,21)(H2,18,22,23)/t10-/m0/s1. The summed E-state index contributed by atoms with van der Waals surface area (Å²) in [7, 11) is -2.24. The van der Waals surface area contributed by atoms with Gasteiger partial charge in [-0.2, -0.15) is 0 Å². The van der Waals surface area contributed by atoms with Gasteiger partial charge >= 0.3 is 0 Å². The SMILES string of the molecule is COc1ccc(N[C@@H](C)C(=O)Nc2ccc(S(N)(=O)=O)cc2)cc1Cl. The monoisotopic (exact) mass is 383 g/mol. The number of nitrogens with one attached hydrogen (secondary N) is 2. The topological polar surface area (TPSA) is 111 Å². The van der Waals surface area contributed by atoms with Gasteiger partial charge in [-0.15, -0.1) is 0 Å². The summed E-state index contributed by atoms with van der Waals surface area (Å²) in [5, 5.41) is 11.2. The summed E-state index contributed by atoms with van der Waals surface area (Å²) in [6.07, 6.45) is 0. The van der Waals surface area contributed by atoms with E-state index in [1.807, 2.05) is 0 Å². The molecular weight excluding hydrogens is 366 g/mol. The van der Waals surface area contributed by atoms with Crippen molar-refractivity contribution in [2.45, 2.75) is 17.9 Å². The molecular formula is C16H18ClN3O4S. The highest BCUT2D eigenvalue weighted by molar-refractivity contribution is 7.89. The zero-order chi connectivity index (χ0) is 18.6. The Balaban J connectivity index is 2.01. The number of ether oxygens (including phenoxy) is 1. The van der Waals surface area contributed by atoms with Crippen LogP contribution in [-0.4, -0.2) is 27.5 Å². The lowest BCUT2D eigenvalue weighted by atomic mass is 10.2. The van der Waals surface area contributed by atoms with Gasteiger partial charge < -0.3 is 15.4 Å². The predicted molar refractivity (Wildman–Crippen MR) is 97.5 cm³/mol. The minimum atomic E-state index is -3.76. The Morgan fingerprint density at radius 1 is 1.16 bits per heavy atom. The van der Waals surface area contributed by atoms with Gasteiger partial charge in [0.05, 0.1) is 17.0 Å². The van der Waals surface area contributed by atoms with Crippen LogP contribution in [0, 0.1) is 0 Å². The molecule has 9 heteroatoms. The van der Waals surface area contributed by atoms with Gasteiger partial charge in [-0.3, -0.25) is 4.79 Å². The number of carbonyl (C=O) groups is 1. The third kappa shape index (κ3) is 5.09. The molecule has 134 valence electrons. The summed E-state index contributed by atoms with van der Waals surface area (Å²) < 4.78 is 27.5. The van der Waals surface area contributed by atoms with Crippen molar-refractivity contribution in [2.24, 2.45) is 5.14 Å².